The number of amides is 2. The fraction of sp³-hybridized carbons (Fsp3) is 0.125. The molecule has 6 nitrogen and oxygen atoms in total. The van der Waals surface area contributed by atoms with Gasteiger partial charge < -0.3 is 15.4 Å². The molecule has 0 aliphatic carbocycles. The summed E-state index contributed by atoms with van der Waals surface area (Å²) in [5, 5.41) is 5.09. The van der Waals surface area contributed by atoms with Gasteiger partial charge in [-0.05, 0) is 44.8 Å². The topological polar surface area (TPSA) is 84.5 Å². The van der Waals surface area contributed by atoms with Crippen molar-refractivity contribution in [1.29, 1.82) is 0 Å². The van der Waals surface area contributed by atoms with Crippen molar-refractivity contribution in [3.8, 4) is 11.1 Å². The van der Waals surface area contributed by atoms with Crippen LogP contribution in [0.3, 0.4) is 0 Å². The maximum atomic E-state index is 12.0. The average Bonchev–Trinajstić information content (AvgIpc) is 2.79. The minimum absolute atomic E-state index is 0.0604. The summed E-state index contributed by atoms with van der Waals surface area (Å²) >= 11 is 3.33. The molecule has 2 N–H and O–H groups in total. The molecule has 7 heteroatoms. The summed E-state index contributed by atoms with van der Waals surface area (Å²) in [6, 6.07) is 24.7. The normalized spacial score (nSPS) is 10.2. The smallest absolute Gasteiger partial charge is 0.310 e. The zero-order chi connectivity index (χ0) is 22.1. The summed E-state index contributed by atoms with van der Waals surface area (Å²) in [4.78, 5) is 35.8. The number of esters is 1. The molecule has 0 atom stereocenters. The number of anilines is 1. The lowest BCUT2D eigenvalue weighted by Crippen LogP contribution is -2.35. The van der Waals surface area contributed by atoms with Crippen LogP contribution in [0.1, 0.15) is 5.56 Å². The Morgan fingerprint density at radius 1 is 0.774 bits per heavy atom. The quantitative estimate of drug-likeness (QED) is 0.478. The summed E-state index contributed by atoms with van der Waals surface area (Å²) < 4.78 is 5.74. The van der Waals surface area contributed by atoms with Crippen LogP contribution in [0.2, 0.25) is 0 Å². The van der Waals surface area contributed by atoms with Crippen molar-refractivity contribution in [2.45, 2.75) is 6.42 Å². The number of carbonyl (C=O) groups excluding carboxylic acids is 3. The van der Waals surface area contributed by atoms with Gasteiger partial charge in [0.05, 0.1) is 18.7 Å². The average molecular weight is 481 g/mol. The first-order chi connectivity index (χ1) is 15.0. The molecule has 158 valence electrons. The van der Waals surface area contributed by atoms with E-state index in [-0.39, 0.29) is 18.9 Å². The van der Waals surface area contributed by atoms with Crippen molar-refractivity contribution in [3.05, 3.63) is 88.9 Å². The monoisotopic (exact) mass is 480 g/mol. The molecule has 0 saturated heterocycles. The zero-order valence-corrected chi connectivity index (χ0v) is 18.2. The van der Waals surface area contributed by atoms with Crippen LogP contribution in [-0.2, 0) is 25.5 Å². The van der Waals surface area contributed by atoms with Gasteiger partial charge >= 0.3 is 5.97 Å². The standard InChI is InChI=1S/C24H21BrN2O4/c25-20-8-4-5-9-21(20)27-22(28)15-26-23(29)16-31-24(30)14-17-10-12-19(13-11-17)18-6-2-1-3-7-18/h1-13H,14-16H2,(H,26,29)(H,27,28). The molecular formula is C24H21BrN2O4. The summed E-state index contributed by atoms with van der Waals surface area (Å²) in [7, 11) is 0. The molecule has 3 aromatic carbocycles. The Hall–Kier alpha value is -3.45. The van der Waals surface area contributed by atoms with Crippen LogP contribution >= 0.6 is 15.9 Å². The first-order valence-electron chi connectivity index (χ1n) is 9.62. The molecule has 0 unspecified atom stereocenters. The lowest BCUT2D eigenvalue weighted by Gasteiger charge is -2.09. The van der Waals surface area contributed by atoms with Crippen molar-refractivity contribution >= 4 is 39.4 Å². The molecular weight excluding hydrogens is 460 g/mol. The molecule has 3 aromatic rings. The fourth-order valence-corrected chi connectivity index (χ4v) is 3.18. The van der Waals surface area contributed by atoms with Crippen LogP contribution in [0, 0.1) is 0 Å². The molecule has 0 aliphatic rings. The summed E-state index contributed by atoms with van der Waals surface area (Å²) in [5.41, 5.74) is 3.54. The van der Waals surface area contributed by atoms with Gasteiger partial charge in [0.15, 0.2) is 6.61 Å². The van der Waals surface area contributed by atoms with Crippen LogP contribution in [0.15, 0.2) is 83.3 Å². The first-order valence-corrected chi connectivity index (χ1v) is 10.4. The molecule has 0 fully saturated rings. The van der Waals surface area contributed by atoms with E-state index in [4.69, 9.17) is 4.74 Å². The highest BCUT2D eigenvalue weighted by atomic mass is 79.9. The molecule has 0 spiro atoms. The fourth-order valence-electron chi connectivity index (χ4n) is 2.80. The van der Waals surface area contributed by atoms with Crippen molar-refractivity contribution in [2.75, 3.05) is 18.5 Å². The van der Waals surface area contributed by atoms with Gasteiger partial charge in [-0.15, -0.1) is 0 Å². The SMILES string of the molecule is O=C(COC(=O)Cc1ccc(-c2ccccc2)cc1)NCC(=O)Nc1ccccc1Br. The van der Waals surface area contributed by atoms with E-state index in [0.717, 1.165) is 21.2 Å². The van der Waals surface area contributed by atoms with E-state index in [1.54, 1.807) is 18.2 Å². The number of ether oxygens (including phenoxy) is 1. The Morgan fingerprint density at radius 2 is 1.42 bits per heavy atom. The molecule has 0 saturated carbocycles. The highest BCUT2D eigenvalue weighted by Crippen LogP contribution is 2.21. The van der Waals surface area contributed by atoms with Gasteiger partial charge in [0.1, 0.15) is 0 Å². The molecule has 0 aromatic heterocycles. The van der Waals surface area contributed by atoms with E-state index in [1.165, 1.54) is 0 Å². The Kier molecular flexibility index (Phi) is 7.95. The maximum absolute atomic E-state index is 12.0. The molecule has 2 amide bonds. The van der Waals surface area contributed by atoms with Crippen LogP contribution in [0.5, 0.6) is 0 Å². The second kappa shape index (κ2) is 11.1. The minimum atomic E-state index is -0.546. The third kappa shape index (κ3) is 7.08. The van der Waals surface area contributed by atoms with E-state index in [1.807, 2.05) is 60.7 Å². The molecule has 0 bridgehead atoms. The van der Waals surface area contributed by atoms with Crippen molar-refractivity contribution in [1.82, 2.24) is 5.32 Å². The lowest BCUT2D eigenvalue weighted by molar-refractivity contribution is -0.147. The van der Waals surface area contributed by atoms with Gasteiger partial charge in [-0.1, -0.05) is 66.7 Å². The molecule has 0 aliphatic heterocycles. The van der Waals surface area contributed by atoms with Crippen LogP contribution < -0.4 is 10.6 Å². The summed E-state index contributed by atoms with van der Waals surface area (Å²) in [5.74, 6) is -1.44. The number of benzene rings is 3. The minimum Gasteiger partial charge on any atom is -0.455 e. The Bertz CT molecular complexity index is 1050. The predicted octanol–water partition coefficient (Wildman–Crippen LogP) is 3.96. The van der Waals surface area contributed by atoms with Crippen LogP contribution in [0.4, 0.5) is 5.69 Å². The van der Waals surface area contributed by atoms with E-state index >= 15 is 0 Å². The second-order valence-electron chi connectivity index (χ2n) is 6.71. The maximum Gasteiger partial charge on any atom is 0.310 e. The number of hydrogen-bond donors (Lipinski definition) is 2. The number of halogens is 1. The third-order valence-corrected chi connectivity index (χ3v) is 5.06. The first kappa shape index (κ1) is 22.2. The van der Waals surface area contributed by atoms with Crippen molar-refractivity contribution in [3.63, 3.8) is 0 Å². The van der Waals surface area contributed by atoms with E-state index in [0.29, 0.717) is 5.69 Å². The van der Waals surface area contributed by atoms with Crippen molar-refractivity contribution < 1.29 is 19.1 Å². The summed E-state index contributed by atoms with van der Waals surface area (Å²) in [6.45, 7) is -0.665. The number of hydrogen-bond acceptors (Lipinski definition) is 4. The van der Waals surface area contributed by atoms with E-state index < -0.39 is 18.5 Å². The number of nitrogens with one attached hydrogen (secondary N) is 2. The van der Waals surface area contributed by atoms with Gasteiger partial charge in [0.25, 0.3) is 5.91 Å². The number of carbonyl (C=O) groups is 3. The van der Waals surface area contributed by atoms with Crippen LogP contribution in [-0.4, -0.2) is 30.9 Å². The second-order valence-corrected chi connectivity index (χ2v) is 7.56. The van der Waals surface area contributed by atoms with Gasteiger partial charge in [-0.2, -0.15) is 0 Å². The van der Waals surface area contributed by atoms with E-state index in [2.05, 4.69) is 26.6 Å². The Balaban J connectivity index is 1.38. The third-order valence-electron chi connectivity index (χ3n) is 4.37. The van der Waals surface area contributed by atoms with Gasteiger partial charge in [-0.3, -0.25) is 14.4 Å². The van der Waals surface area contributed by atoms with Crippen LogP contribution in [0.25, 0.3) is 11.1 Å². The van der Waals surface area contributed by atoms with E-state index in [9.17, 15) is 14.4 Å². The summed E-state index contributed by atoms with van der Waals surface area (Å²) in [6.07, 6.45) is 0.0604. The lowest BCUT2D eigenvalue weighted by atomic mass is 10.0. The molecule has 0 heterocycles. The predicted molar refractivity (Wildman–Crippen MR) is 122 cm³/mol. The Labute approximate surface area is 188 Å². The molecule has 0 radical (unpaired) electrons. The molecule has 31 heavy (non-hydrogen) atoms. The highest BCUT2D eigenvalue weighted by molar-refractivity contribution is 9.10. The number of para-hydroxylation sites is 1. The van der Waals surface area contributed by atoms with Crippen molar-refractivity contribution in [2.24, 2.45) is 0 Å². The zero-order valence-electron chi connectivity index (χ0n) is 16.6. The highest BCUT2D eigenvalue weighted by Gasteiger charge is 2.11. The van der Waals surface area contributed by atoms with Gasteiger partial charge in [0, 0.05) is 4.47 Å². The van der Waals surface area contributed by atoms with Gasteiger partial charge in [-0.25, -0.2) is 0 Å². The largest absolute Gasteiger partial charge is 0.455 e. The Morgan fingerprint density at radius 3 is 2.13 bits per heavy atom. The van der Waals surface area contributed by atoms with Gasteiger partial charge in [0.2, 0.25) is 5.91 Å². The molecule has 3 rings (SSSR count). The number of rotatable bonds is 8.